The Morgan fingerprint density at radius 3 is 2.17 bits per heavy atom. The summed E-state index contributed by atoms with van der Waals surface area (Å²) in [6.45, 7) is 1.63. The molecule has 0 aliphatic heterocycles. The Bertz CT molecular complexity index is 148. The molecule has 0 heterocycles. The van der Waals surface area contributed by atoms with Crippen LogP contribution in [-0.4, -0.2) is 47.4 Å². The highest BCUT2D eigenvalue weighted by Gasteiger charge is 2.10. The predicted molar refractivity (Wildman–Crippen MR) is 44.9 cm³/mol. The van der Waals surface area contributed by atoms with Gasteiger partial charge in [0.1, 0.15) is 0 Å². The number of aliphatic hydroxyl groups is 1. The van der Waals surface area contributed by atoms with Gasteiger partial charge in [-0.25, -0.2) is 0 Å². The fourth-order valence-electron chi connectivity index (χ4n) is 0.606. The van der Waals surface area contributed by atoms with E-state index in [2.05, 4.69) is 10.6 Å². The molecule has 0 spiro atoms. The molecule has 0 fully saturated rings. The molecule has 0 bridgehead atoms. The Balaban J connectivity index is 3.06. The van der Waals surface area contributed by atoms with Crippen molar-refractivity contribution in [1.29, 1.82) is 0 Å². The molecule has 74 valence electrons. The van der Waals surface area contributed by atoms with Crippen molar-refractivity contribution >= 4 is 7.60 Å². The van der Waals surface area contributed by atoms with Gasteiger partial charge >= 0.3 is 7.60 Å². The fourth-order valence-corrected chi connectivity index (χ4v) is 1.05. The van der Waals surface area contributed by atoms with E-state index in [1.54, 1.807) is 0 Å². The zero-order chi connectivity index (χ0) is 9.45. The van der Waals surface area contributed by atoms with Gasteiger partial charge in [0.05, 0.1) is 12.9 Å². The van der Waals surface area contributed by atoms with Crippen LogP contribution in [0.3, 0.4) is 0 Å². The minimum Gasteiger partial charge on any atom is -0.395 e. The maximum atomic E-state index is 10.3. The summed E-state index contributed by atoms with van der Waals surface area (Å²) in [5.74, 6) is 0. The summed E-state index contributed by atoms with van der Waals surface area (Å²) in [4.78, 5) is 16.8. The SMILES string of the molecule is O=P(O)(O)CNCCNCCO. The van der Waals surface area contributed by atoms with E-state index < -0.39 is 7.60 Å². The molecule has 0 aromatic rings. The van der Waals surface area contributed by atoms with Crippen molar-refractivity contribution in [2.45, 2.75) is 0 Å². The van der Waals surface area contributed by atoms with Crippen molar-refractivity contribution in [2.75, 3.05) is 32.5 Å². The second-order valence-electron chi connectivity index (χ2n) is 2.30. The van der Waals surface area contributed by atoms with Crippen LogP contribution >= 0.6 is 7.60 Å². The van der Waals surface area contributed by atoms with Crippen molar-refractivity contribution in [3.8, 4) is 0 Å². The van der Waals surface area contributed by atoms with Crippen LogP contribution < -0.4 is 10.6 Å². The van der Waals surface area contributed by atoms with Crippen LogP contribution in [0, 0.1) is 0 Å². The van der Waals surface area contributed by atoms with Crippen LogP contribution in [0.15, 0.2) is 0 Å². The lowest BCUT2D eigenvalue weighted by molar-refractivity contribution is 0.292. The molecule has 0 aliphatic rings. The quantitative estimate of drug-likeness (QED) is 0.247. The molecule has 0 radical (unpaired) electrons. The average Bonchev–Trinajstić information content (AvgIpc) is 1.94. The molecule has 5 N–H and O–H groups in total. The van der Waals surface area contributed by atoms with Crippen molar-refractivity contribution < 1.29 is 19.5 Å². The van der Waals surface area contributed by atoms with Crippen LogP contribution in [0.5, 0.6) is 0 Å². The lowest BCUT2D eigenvalue weighted by Crippen LogP contribution is -2.29. The number of nitrogens with one attached hydrogen (secondary N) is 2. The van der Waals surface area contributed by atoms with Gasteiger partial charge in [0, 0.05) is 19.6 Å². The highest BCUT2D eigenvalue weighted by atomic mass is 31.2. The second-order valence-corrected chi connectivity index (χ2v) is 3.94. The molecular weight excluding hydrogens is 183 g/mol. The van der Waals surface area contributed by atoms with Gasteiger partial charge in [-0.2, -0.15) is 0 Å². The monoisotopic (exact) mass is 198 g/mol. The Morgan fingerprint density at radius 2 is 1.67 bits per heavy atom. The van der Waals surface area contributed by atoms with E-state index in [4.69, 9.17) is 14.9 Å². The predicted octanol–water partition coefficient (Wildman–Crippen LogP) is -1.71. The minimum atomic E-state index is -3.91. The molecule has 0 unspecified atom stereocenters. The molecule has 0 aromatic heterocycles. The number of aliphatic hydroxyl groups excluding tert-OH is 1. The first-order valence-electron chi connectivity index (χ1n) is 3.63. The average molecular weight is 198 g/mol. The highest BCUT2D eigenvalue weighted by molar-refractivity contribution is 7.51. The van der Waals surface area contributed by atoms with Gasteiger partial charge < -0.3 is 25.5 Å². The third kappa shape index (κ3) is 10.0. The number of hydrogen-bond acceptors (Lipinski definition) is 4. The molecule has 0 aromatic carbocycles. The Kier molecular flexibility index (Phi) is 6.55. The second kappa shape index (κ2) is 6.54. The van der Waals surface area contributed by atoms with Crippen LogP contribution in [0.1, 0.15) is 0 Å². The van der Waals surface area contributed by atoms with Crippen molar-refractivity contribution in [2.24, 2.45) is 0 Å². The minimum absolute atomic E-state index is 0.0679. The van der Waals surface area contributed by atoms with Gasteiger partial charge in [-0.15, -0.1) is 0 Å². The van der Waals surface area contributed by atoms with Crippen molar-refractivity contribution in [3.63, 3.8) is 0 Å². The van der Waals surface area contributed by atoms with Gasteiger partial charge in [-0.3, -0.25) is 4.57 Å². The molecule has 12 heavy (non-hydrogen) atoms. The first-order chi connectivity index (χ1) is 5.56. The Hall–Kier alpha value is 0.0300. The molecule has 0 saturated carbocycles. The Morgan fingerprint density at radius 1 is 1.08 bits per heavy atom. The van der Waals surface area contributed by atoms with Gasteiger partial charge in [0.15, 0.2) is 0 Å². The van der Waals surface area contributed by atoms with Crippen LogP contribution in [0.25, 0.3) is 0 Å². The summed E-state index contributed by atoms with van der Waals surface area (Å²) in [5, 5.41) is 13.8. The molecule has 6 nitrogen and oxygen atoms in total. The van der Waals surface area contributed by atoms with E-state index in [9.17, 15) is 4.57 Å². The first kappa shape index (κ1) is 12.0. The van der Waals surface area contributed by atoms with E-state index in [-0.39, 0.29) is 12.9 Å². The van der Waals surface area contributed by atoms with Crippen molar-refractivity contribution in [1.82, 2.24) is 10.6 Å². The van der Waals surface area contributed by atoms with E-state index in [0.717, 1.165) is 0 Å². The summed E-state index contributed by atoms with van der Waals surface area (Å²) in [5.41, 5.74) is 0. The number of rotatable bonds is 7. The van der Waals surface area contributed by atoms with E-state index in [0.29, 0.717) is 19.6 Å². The summed E-state index contributed by atoms with van der Waals surface area (Å²) < 4.78 is 10.3. The largest absolute Gasteiger partial charge is 0.395 e. The lowest BCUT2D eigenvalue weighted by atomic mass is 10.6. The summed E-state index contributed by atoms with van der Waals surface area (Å²) in [6, 6.07) is 0. The standard InChI is InChI=1S/C5H15N2O4P/c8-4-3-6-1-2-7-5-12(9,10)11/h6-8H,1-5H2,(H2,9,10,11). The zero-order valence-electron chi connectivity index (χ0n) is 6.73. The van der Waals surface area contributed by atoms with Crippen LogP contribution in [0.2, 0.25) is 0 Å². The van der Waals surface area contributed by atoms with E-state index in [1.165, 1.54) is 0 Å². The summed E-state index contributed by atoms with van der Waals surface area (Å²) in [7, 11) is -3.91. The molecule has 0 amide bonds. The number of hydrogen-bond donors (Lipinski definition) is 5. The molecule has 0 aliphatic carbocycles. The summed E-state index contributed by atoms with van der Waals surface area (Å²) >= 11 is 0. The van der Waals surface area contributed by atoms with E-state index >= 15 is 0 Å². The van der Waals surface area contributed by atoms with Crippen LogP contribution in [0.4, 0.5) is 0 Å². The van der Waals surface area contributed by atoms with Crippen molar-refractivity contribution in [3.05, 3.63) is 0 Å². The first-order valence-corrected chi connectivity index (χ1v) is 5.43. The maximum absolute atomic E-state index is 10.3. The van der Waals surface area contributed by atoms with Gasteiger partial charge in [0.2, 0.25) is 0 Å². The molecular formula is C5H15N2O4P. The third-order valence-corrected chi connectivity index (χ3v) is 1.72. The smallest absolute Gasteiger partial charge is 0.339 e. The van der Waals surface area contributed by atoms with Gasteiger partial charge in [-0.05, 0) is 0 Å². The lowest BCUT2D eigenvalue weighted by Gasteiger charge is -2.06. The maximum Gasteiger partial charge on any atom is 0.339 e. The normalized spacial score (nSPS) is 11.9. The molecule has 0 saturated heterocycles. The molecule has 0 atom stereocenters. The van der Waals surface area contributed by atoms with Gasteiger partial charge in [0.25, 0.3) is 0 Å². The topological polar surface area (TPSA) is 102 Å². The highest BCUT2D eigenvalue weighted by Crippen LogP contribution is 2.31. The van der Waals surface area contributed by atoms with E-state index in [1.807, 2.05) is 0 Å². The van der Waals surface area contributed by atoms with Crippen LogP contribution in [-0.2, 0) is 4.57 Å². The molecule has 7 heteroatoms. The fraction of sp³-hybridized carbons (Fsp3) is 1.00. The molecule has 0 rings (SSSR count). The Labute approximate surface area is 71.1 Å². The third-order valence-electron chi connectivity index (χ3n) is 1.08. The van der Waals surface area contributed by atoms with Gasteiger partial charge in [-0.1, -0.05) is 0 Å². The summed E-state index contributed by atoms with van der Waals surface area (Å²) in [6.07, 6.45) is -0.298. The zero-order valence-corrected chi connectivity index (χ0v) is 7.63.